The molecule has 1 saturated heterocycles. The van der Waals surface area contributed by atoms with Gasteiger partial charge in [0.25, 0.3) is 6.01 Å². The van der Waals surface area contributed by atoms with Crippen LogP contribution in [0.5, 0.6) is 6.01 Å². The number of hydrogen-bond acceptors (Lipinski definition) is 4. The van der Waals surface area contributed by atoms with Gasteiger partial charge in [0.15, 0.2) is 0 Å². The van der Waals surface area contributed by atoms with Gasteiger partial charge in [0.2, 0.25) is 0 Å². The van der Waals surface area contributed by atoms with Crippen LogP contribution in [0.25, 0.3) is 0 Å². The van der Waals surface area contributed by atoms with E-state index in [9.17, 15) is 0 Å². The van der Waals surface area contributed by atoms with Gasteiger partial charge in [-0.3, -0.25) is 4.57 Å². The van der Waals surface area contributed by atoms with Crippen molar-refractivity contribution >= 4 is 0 Å². The van der Waals surface area contributed by atoms with Gasteiger partial charge < -0.3 is 9.47 Å². The van der Waals surface area contributed by atoms with Crippen molar-refractivity contribution < 1.29 is 9.47 Å². The Balaban J connectivity index is 2.29. The lowest BCUT2D eigenvalue weighted by Crippen LogP contribution is -2.31. The maximum atomic E-state index is 9.00. The standard InChI is InChI=1S/C10H13N3O2/c1-7-9(5-11)13(10(12-7)14-2)6-8-3-4-15-8/h8H,3-4,6H2,1-2H3/t8-/m0/s1. The molecule has 1 aromatic rings. The van der Waals surface area contributed by atoms with Gasteiger partial charge in [-0.05, 0) is 13.3 Å². The Hall–Kier alpha value is -1.54. The summed E-state index contributed by atoms with van der Waals surface area (Å²) in [6.45, 7) is 3.26. The highest BCUT2D eigenvalue weighted by atomic mass is 16.5. The fourth-order valence-electron chi connectivity index (χ4n) is 1.65. The highest BCUT2D eigenvalue weighted by Crippen LogP contribution is 2.21. The summed E-state index contributed by atoms with van der Waals surface area (Å²) in [5, 5.41) is 9.00. The van der Waals surface area contributed by atoms with E-state index in [4.69, 9.17) is 14.7 Å². The van der Waals surface area contributed by atoms with E-state index in [0.29, 0.717) is 23.9 Å². The quantitative estimate of drug-likeness (QED) is 0.737. The molecule has 2 heterocycles. The number of imidazole rings is 1. The second-order valence-corrected chi connectivity index (χ2v) is 3.54. The molecule has 5 nitrogen and oxygen atoms in total. The molecule has 0 bridgehead atoms. The third kappa shape index (κ3) is 1.68. The van der Waals surface area contributed by atoms with Crippen molar-refractivity contribution in [1.82, 2.24) is 9.55 Å². The summed E-state index contributed by atoms with van der Waals surface area (Å²) in [6, 6.07) is 2.62. The number of aryl methyl sites for hydroxylation is 1. The lowest BCUT2D eigenvalue weighted by molar-refractivity contribution is -0.0601. The van der Waals surface area contributed by atoms with Crippen LogP contribution < -0.4 is 4.74 Å². The number of nitrogens with zero attached hydrogens (tertiary/aromatic N) is 3. The van der Waals surface area contributed by atoms with Crippen LogP contribution >= 0.6 is 0 Å². The monoisotopic (exact) mass is 207 g/mol. The minimum atomic E-state index is 0.194. The summed E-state index contributed by atoms with van der Waals surface area (Å²) >= 11 is 0. The van der Waals surface area contributed by atoms with Crippen LogP contribution in [0.1, 0.15) is 17.8 Å². The third-order valence-electron chi connectivity index (χ3n) is 2.57. The van der Waals surface area contributed by atoms with Gasteiger partial charge in [0, 0.05) is 6.61 Å². The van der Waals surface area contributed by atoms with Crippen molar-refractivity contribution in [2.24, 2.45) is 0 Å². The van der Waals surface area contributed by atoms with Crippen molar-refractivity contribution in [1.29, 1.82) is 5.26 Å². The maximum Gasteiger partial charge on any atom is 0.297 e. The summed E-state index contributed by atoms with van der Waals surface area (Å²) in [7, 11) is 1.56. The molecule has 0 aromatic carbocycles. The molecule has 5 heteroatoms. The first-order chi connectivity index (χ1) is 7.26. The van der Waals surface area contributed by atoms with Crippen molar-refractivity contribution in [2.45, 2.75) is 26.0 Å². The minimum absolute atomic E-state index is 0.194. The van der Waals surface area contributed by atoms with Crippen molar-refractivity contribution in [3.05, 3.63) is 11.4 Å². The molecule has 1 aliphatic rings. The van der Waals surface area contributed by atoms with Crippen molar-refractivity contribution in [3.8, 4) is 12.1 Å². The summed E-state index contributed by atoms with van der Waals surface area (Å²) in [6.07, 6.45) is 1.23. The van der Waals surface area contributed by atoms with Crippen LogP contribution in [0.4, 0.5) is 0 Å². The average Bonchev–Trinajstić information content (AvgIpc) is 2.47. The van der Waals surface area contributed by atoms with Crippen molar-refractivity contribution in [2.75, 3.05) is 13.7 Å². The molecule has 0 spiro atoms. The van der Waals surface area contributed by atoms with Gasteiger partial charge in [0.1, 0.15) is 11.8 Å². The smallest absolute Gasteiger partial charge is 0.297 e. The number of nitriles is 1. The first-order valence-corrected chi connectivity index (χ1v) is 4.89. The summed E-state index contributed by atoms with van der Waals surface area (Å²) in [5.74, 6) is 0. The second kappa shape index (κ2) is 3.91. The van der Waals surface area contributed by atoms with E-state index >= 15 is 0 Å². The van der Waals surface area contributed by atoms with E-state index in [1.807, 2.05) is 0 Å². The topological polar surface area (TPSA) is 60.1 Å². The number of hydrogen-bond donors (Lipinski definition) is 0. The van der Waals surface area contributed by atoms with Crippen LogP contribution in [-0.4, -0.2) is 29.4 Å². The molecule has 1 fully saturated rings. The van der Waals surface area contributed by atoms with Crippen LogP contribution in [0, 0.1) is 18.3 Å². The van der Waals surface area contributed by atoms with Gasteiger partial charge in [-0.1, -0.05) is 0 Å². The number of rotatable bonds is 3. The van der Waals surface area contributed by atoms with E-state index in [0.717, 1.165) is 13.0 Å². The molecule has 0 saturated carbocycles. The Labute approximate surface area is 88.2 Å². The fraction of sp³-hybridized carbons (Fsp3) is 0.600. The zero-order chi connectivity index (χ0) is 10.8. The molecular weight excluding hydrogens is 194 g/mol. The lowest BCUT2D eigenvalue weighted by atomic mass is 10.2. The summed E-state index contributed by atoms with van der Waals surface area (Å²) < 4.78 is 12.2. The zero-order valence-electron chi connectivity index (χ0n) is 8.86. The summed E-state index contributed by atoms with van der Waals surface area (Å²) in [4.78, 5) is 4.17. The third-order valence-corrected chi connectivity index (χ3v) is 2.57. The van der Waals surface area contributed by atoms with Crippen molar-refractivity contribution in [3.63, 3.8) is 0 Å². The SMILES string of the molecule is COc1nc(C)c(C#N)n1C[C@@H]1CCO1. The van der Waals surface area contributed by atoms with Crippen LogP contribution in [0.2, 0.25) is 0 Å². The molecule has 1 atom stereocenters. The Morgan fingerprint density at radius 2 is 2.47 bits per heavy atom. The van der Waals surface area contributed by atoms with E-state index in [1.165, 1.54) is 0 Å². The van der Waals surface area contributed by atoms with Crippen LogP contribution in [0.15, 0.2) is 0 Å². The Morgan fingerprint density at radius 3 is 2.93 bits per heavy atom. The number of methoxy groups -OCH3 is 1. The second-order valence-electron chi connectivity index (χ2n) is 3.54. The van der Waals surface area contributed by atoms with E-state index in [2.05, 4.69) is 11.1 Å². The summed E-state index contributed by atoms with van der Waals surface area (Å²) in [5.41, 5.74) is 1.26. The molecule has 1 aliphatic heterocycles. The van der Waals surface area contributed by atoms with Crippen LogP contribution in [-0.2, 0) is 11.3 Å². The first kappa shape index (κ1) is 9.99. The Bertz CT molecular complexity index is 402. The molecule has 1 aromatic heterocycles. The number of aromatic nitrogens is 2. The predicted octanol–water partition coefficient (Wildman–Crippen LogP) is 0.861. The zero-order valence-corrected chi connectivity index (χ0v) is 8.86. The average molecular weight is 207 g/mol. The molecular formula is C10H13N3O2. The van der Waals surface area contributed by atoms with Gasteiger partial charge in [-0.25, -0.2) is 0 Å². The highest BCUT2D eigenvalue weighted by Gasteiger charge is 2.23. The molecule has 0 aliphatic carbocycles. The van der Waals surface area contributed by atoms with Gasteiger partial charge >= 0.3 is 0 Å². The lowest BCUT2D eigenvalue weighted by Gasteiger charge is -2.27. The highest BCUT2D eigenvalue weighted by molar-refractivity contribution is 5.30. The van der Waals surface area contributed by atoms with Gasteiger partial charge in [-0.2, -0.15) is 10.2 Å². The maximum absolute atomic E-state index is 9.00. The molecule has 0 radical (unpaired) electrons. The number of ether oxygens (including phenoxy) is 2. The Morgan fingerprint density at radius 1 is 1.73 bits per heavy atom. The molecule has 0 amide bonds. The van der Waals surface area contributed by atoms with Gasteiger partial charge in [0.05, 0.1) is 25.5 Å². The molecule has 80 valence electrons. The normalized spacial score (nSPS) is 19.4. The van der Waals surface area contributed by atoms with E-state index < -0.39 is 0 Å². The Kier molecular flexibility index (Phi) is 2.60. The van der Waals surface area contributed by atoms with Crippen LogP contribution in [0.3, 0.4) is 0 Å². The molecule has 0 N–H and O–H groups in total. The van der Waals surface area contributed by atoms with E-state index in [1.54, 1.807) is 18.6 Å². The fourth-order valence-corrected chi connectivity index (χ4v) is 1.65. The first-order valence-electron chi connectivity index (χ1n) is 4.89. The van der Waals surface area contributed by atoms with E-state index in [-0.39, 0.29) is 6.10 Å². The minimum Gasteiger partial charge on any atom is -0.468 e. The molecule has 2 rings (SSSR count). The molecule has 0 unspecified atom stereocenters. The molecule has 15 heavy (non-hydrogen) atoms. The van der Waals surface area contributed by atoms with Gasteiger partial charge in [-0.15, -0.1) is 0 Å². The largest absolute Gasteiger partial charge is 0.468 e. The predicted molar refractivity (Wildman–Crippen MR) is 52.6 cm³/mol.